The average molecular weight is 341 g/mol. The largest absolute Gasteiger partial charge is 0.475 e. The maximum atomic E-state index is 12.6. The lowest BCUT2D eigenvalue weighted by Crippen LogP contribution is -2.53. The van der Waals surface area contributed by atoms with Crippen LogP contribution in [0.25, 0.3) is 0 Å². The van der Waals surface area contributed by atoms with Crippen LogP contribution in [0.1, 0.15) is 40.0 Å². The van der Waals surface area contributed by atoms with E-state index in [2.05, 4.69) is 5.32 Å². The summed E-state index contributed by atoms with van der Waals surface area (Å²) >= 11 is 0. The summed E-state index contributed by atoms with van der Waals surface area (Å²) in [4.78, 5) is 28.1. The highest BCUT2D eigenvalue weighted by atomic mass is 16.6. The zero-order valence-corrected chi connectivity index (χ0v) is 14.7. The van der Waals surface area contributed by atoms with Gasteiger partial charge in [0.2, 0.25) is 5.91 Å². The smallest absolute Gasteiger partial charge is 0.444 e. The van der Waals surface area contributed by atoms with Crippen LogP contribution in [-0.4, -0.2) is 82.7 Å². The fourth-order valence-electron chi connectivity index (χ4n) is 3.22. The van der Waals surface area contributed by atoms with Crippen LogP contribution in [0.15, 0.2) is 0 Å². The molecule has 0 aliphatic carbocycles. The van der Waals surface area contributed by atoms with Gasteiger partial charge in [-0.25, -0.2) is 4.79 Å². The van der Waals surface area contributed by atoms with E-state index in [1.165, 1.54) is 9.80 Å². The minimum Gasteiger partial charge on any atom is -0.444 e. The van der Waals surface area contributed by atoms with Gasteiger partial charge in [-0.15, -0.1) is 0 Å². The van der Waals surface area contributed by atoms with E-state index in [1.807, 2.05) is 0 Å². The van der Waals surface area contributed by atoms with Crippen molar-refractivity contribution in [2.45, 2.75) is 57.6 Å². The first kappa shape index (κ1) is 19.0. The molecule has 8 nitrogen and oxygen atoms in total. The highest BCUT2D eigenvalue weighted by Gasteiger charge is 2.39. The number of carbonyl (C=O) groups excluding carboxylic acids is 2. The van der Waals surface area contributed by atoms with Crippen LogP contribution in [0.3, 0.4) is 0 Å². The molecule has 0 aromatic carbocycles. The molecule has 9 heteroatoms. The Morgan fingerprint density at radius 3 is 2.58 bits per heavy atom. The van der Waals surface area contributed by atoms with Crippen molar-refractivity contribution in [3.63, 3.8) is 0 Å². The molecule has 0 saturated carbocycles. The first-order chi connectivity index (χ1) is 11.2. The van der Waals surface area contributed by atoms with Crippen molar-refractivity contribution >= 4 is 19.1 Å². The summed E-state index contributed by atoms with van der Waals surface area (Å²) in [6.07, 6.45) is 1.54. The van der Waals surface area contributed by atoms with Gasteiger partial charge in [0.05, 0.1) is 5.94 Å². The summed E-state index contributed by atoms with van der Waals surface area (Å²) in [7, 11) is -1.56. The third-order valence-corrected chi connectivity index (χ3v) is 4.37. The molecule has 2 aliphatic heterocycles. The van der Waals surface area contributed by atoms with Gasteiger partial charge in [-0.2, -0.15) is 0 Å². The first-order valence-corrected chi connectivity index (χ1v) is 8.55. The number of amides is 2. The summed E-state index contributed by atoms with van der Waals surface area (Å²) in [6, 6.07) is -0.0936. The van der Waals surface area contributed by atoms with Crippen LogP contribution in [-0.2, 0) is 9.53 Å². The molecule has 136 valence electrons. The van der Waals surface area contributed by atoms with Crippen molar-refractivity contribution in [2.75, 3.05) is 26.2 Å². The van der Waals surface area contributed by atoms with E-state index in [1.54, 1.807) is 20.8 Å². The molecular formula is C15H28BN3O5. The molecule has 24 heavy (non-hydrogen) atoms. The third kappa shape index (κ3) is 4.84. The van der Waals surface area contributed by atoms with Crippen molar-refractivity contribution < 1.29 is 24.4 Å². The van der Waals surface area contributed by atoms with E-state index < -0.39 is 24.8 Å². The molecule has 3 N–H and O–H groups in total. The number of carbonyl (C=O) groups is 2. The summed E-state index contributed by atoms with van der Waals surface area (Å²) in [5.41, 5.74) is -0.637. The van der Waals surface area contributed by atoms with E-state index in [4.69, 9.17) is 4.74 Å². The van der Waals surface area contributed by atoms with Gasteiger partial charge in [0.15, 0.2) is 0 Å². The van der Waals surface area contributed by atoms with E-state index in [0.717, 1.165) is 19.4 Å². The quantitative estimate of drug-likeness (QED) is 0.601. The minimum absolute atomic E-state index is 0.0936. The number of hydrogen-bond acceptors (Lipinski definition) is 6. The third-order valence-electron chi connectivity index (χ3n) is 4.37. The molecule has 2 aliphatic rings. The Morgan fingerprint density at radius 2 is 2.04 bits per heavy atom. The van der Waals surface area contributed by atoms with Gasteiger partial charge in [0, 0.05) is 19.1 Å². The topological polar surface area (TPSA) is 102 Å². The predicted octanol–water partition coefficient (Wildman–Crippen LogP) is -0.412. The van der Waals surface area contributed by atoms with Gasteiger partial charge in [0.1, 0.15) is 12.1 Å². The molecule has 2 unspecified atom stereocenters. The number of rotatable bonds is 4. The number of hydrogen-bond donors (Lipinski definition) is 3. The summed E-state index contributed by atoms with van der Waals surface area (Å²) in [6.45, 7) is 7.15. The summed E-state index contributed by atoms with van der Waals surface area (Å²) in [5, 5.41) is 22.0. The SMILES string of the molecule is CC(C)(C)OC(=O)N(CC(=O)N1CCCC1B(O)O)C1CCNC1. The number of nitrogens with one attached hydrogen (secondary N) is 1. The molecule has 0 radical (unpaired) electrons. The predicted molar refractivity (Wildman–Crippen MR) is 89.1 cm³/mol. The molecule has 2 saturated heterocycles. The number of ether oxygens (including phenoxy) is 1. The lowest BCUT2D eigenvalue weighted by atomic mass is 9.78. The molecule has 2 rings (SSSR count). The van der Waals surface area contributed by atoms with Crippen molar-refractivity contribution in [1.29, 1.82) is 0 Å². The first-order valence-electron chi connectivity index (χ1n) is 8.55. The zero-order chi connectivity index (χ0) is 17.9. The van der Waals surface area contributed by atoms with Gasteiger partial charge in [0.25, 0.3) is 0 Å². The average Bonchev–Trinajstić information content (AvgIpc) is 3.13. The van der Waals surface area contributed by atoms with Gasteiger partial charge in [-0.05, 0) is 46.6 Å². The second-order valence-electron chi connectivity index (χ2n) is 7.47. The molecule has 0 aromatic heterocycles. The summed E-state index contributed by atoms with van der Waals surface area (Å²) in [5.74, 6) is -0.872. The van der Waals surface area contributed by atoms with Crippen molar-refractivity contribution in [2.24, 2.45) is 0 Å². The van der Waals surface area contributed by atoms with E-state index in [9.17, 15) is 19.6 Å². The van der Waals surface area contributed by atoms with Crippen LogP contribution >= 0.6 is 0 Å². The van der Waals surface area contributed by atoms with Crippen LogP contribution in [0.4, 0.5) is 4.79 Å². The highest BCUT2D eigenvalue weighted by Crippen LogP contribution is 2.20. The van der Waals surface area contributed by atoms with E-state index in [0.29, 0.717) is 19.5 Å². The van der Waals surface area contributed by atoms with Gasteiger partial charge < -0.3 is 25.0 Å². The van der Waals surface area contributed by atoms with E-state index >= 15 is 0 Å². The molecule has 0 spiro atoms. The minimum atomic E-state index is -1.56. The normalized spacial score (nSPS) is 24.1. The van der Waals surface area contributed by atoms with Crippen molar-refractivity contribution in [3.8, 4) is 0 Å². The van der Waals surface area contributed by atoms with Crippen LogP contribution in [0.5, 0.6) is 0 Å². The molecule has 2 atom stereocenters. The molecule has 2 heterocycles. The molecule has 0 bridgehead atoms. The monoisotopic (exact) mass is 341 g/mol. The molecule has 0 aromatic rings. The van der Waals surface area contributed by atoms with Crippen LogP contribution < -0.4 is 5.32 Å². The lowest BCUT2D eigenvalue weighted by Gasteiger charge is -2.33. The Morgan fingerprint density at radius 1 is 1.33 bits per heavy atom. The lowest BCUT2D eigenvalue weighted by molar-refractivity contribution is -0.132. The van der Waals surface area contributed by atoms with Gasteiger partial charge in [-0.3, -0.25) is 9.69 Å². The highest BCUT2D eigenvalue weighted by molar-refractivity contribution is 6.43. The Bertz CT molecular complexity index is 463. The zero-order valence-electron chi connectivity index (χ0n) is 14.7. The van der Waals surface area contributed by atoms with Crippen LogP contribution in [0, 0.1) is 0 Å². The Balaban J connectivity index is 2.07. The van der Waals surface area contributed by atoms with E-state index in [-0.39, 0.29) is 18.5 Å². The molecular weight excluding hydrogens is 313 g/mol. The Labute approximate surface area is 143 Å². The van der Waals surface area contributed by atoms with Gasteiger partial charge >= 0.3 is 13.2 Å². The second kappa shape index (κ2) is 7.71. The number of likely N-dealkylation sites (tertiary alicyclic amines) is 1. The fraction of sp³-hybridized carbons (Fsp3) is 0.867. The van der Waals surface area contributed by atoms with Crippen LogP contribution in [0.2, 0.25) is 0 Å². The Hall–Kier alpha value is -1.32. The standard InChI is InChI=1S/C15H28BN3O5/c1-15(2,3)24-14(21)19(11-6-7-17-9-11)10-13(20)18-8-4-5-12(18)16(22)23/h11-12,17,22-23H,4-10H2,1-3H3. The number of nitrogens with zero attached hydrogens (tertiary/aromatic N) is 2. The Kier molecular flexibility index (Phi) is 6.11. The maximum absolute atomic E-state index is 12.6. The van der Waals surface area contributed by atoms with Crippen molar-refractivity contribution in [3.05, 3.63) is 0 Å². The molecule has 2 fully saturated rings. The maximum Gasteiger partial charge on any atom is 0.475 e. The second-order valence-corrected chi connectivity index (χ2v) is 7.47. The molecule has 2 amide bonds. The van der Waals surface area contributed by atoms with Gasteiger partial charge in [-0.1, -0.05) is 0 Å². The fourth-order valence-corrected chi connectivity index (χ4v) is 3.22. The van der Waals surface area contributed by atoms with Crippen molar-refractivity contribution in [1.82, 2.24) is 15.1 Å². The summed E-state index contributed by atoms with van der Waals surface area (Å²) < 4.78 is 5.44.